The molecule has 0 unspecified atom stereocenters. The Bertz CT molecular complexity index is 600. The van der Waals surface area contributed by atoms with E-state index in [1.54, 1.807) is 4.52 Å². The molecule has 134 valence electrons. The summed E-state index contributed by atoms with van der Waals surface area (Å²) in [5.74, 6) is 2.33. The van der Waals surface area contributed by atoms with Crippen LogP contribution in [0.25, 0.3) is 5.78 Å². The van der Waals surface area contributed by atoms with Crippen molar-refractivity contribution in [2.75, 3.05) is 36.5 Å². The van der Waals surface area contributed by atoms with Gasteiger partial charge in [-0.25, -0.2) is 0 Å². The molecule has 0 bridgehead atoms. The quantitative estimate of drug-likeness (QED) is 0.581. The van der Waals surface area contributed by atoms with E-state index in [9.17, 15) is 5.11 Å². The van der Waals surface area contributed by atoms with Crippen LogP contribution < -0.4 is 10.2 Å². The van der Waals surface area contributed by atoms with Gasteiger partial charge in [-0.1, -0.05) is 39.5 Å². The third-order valence-corrected chi connectivity index (χ3v) is 4.04. The van der Waals surface area contributed by atoms with E-state index in [-0.39, 0.29) is 6.61 Å². The van der Waals surface area contributed by atoms with Crippen LogP contribution >= 0.6 is 0 Å². The molecule has 7 heteroatoms. The van der Waals surface area contributed by atoms with Crippen LogP contribution in [0.15, 0.2) is 12.4 Å². The van der Waals surface area contributed by atoms with Crippen molar-refractivity contribution in [2.45, 2.75) is 52.4 Å². The van der Waals surface area contributed by atoms with Crippen molar-refractivity contribution < 1.29 is 5.11 Å². The lowest BCUT2D eigenvalue weighted by Crippen LogP contribution is -2.30. The maximum absolute atomic E-state index is 9.45. The number of fused-ring (bicyclic) bond motifs is 1. The monoisotopic (exact) mass is 334 g/mol. The van der Waals surface area contributed by atoms with Gasteiger partial charge in [0.25, 0.3) is 5.78 Å². The fraction of sp³-hybridized carbons (Fsp3) is 0.706. The van der Waals surface area contributed by atoms with Gasteiger partial charge in [0.15, 0.2) is 0 Å². The van der Waals surface area contributed by atoms with Crippen molar-refractivity contribution in [3.8, 4) is 0 Å². The molecular formula is C17H30N6O. The number of unbranched alkanes of at least 4 members (excludes halogenated alkanes) is 4. The highest BCUT2D eigenvalue weighted by molar-refractivity contribution is 5.55. The summed E-state index contributed by atoms with van der Waals surface area (Å²) in [6.45, 7) is 6.87. The van der Waals surface area contributed by atoms with Crippen LogP contribution in [0.3, 0.4) is 0 Å². The van der Waals surface area contributed by atoms with Crippen molar-refractivity contribution in [3.63, 3.8) is 0 Å². The molecule has 2 rings (SSSR count). The smallest absolute Gasteiger partial charge is 0.256 e. The van der Waals surface area contributed by atoms with Gasteiger partial charge in [0.05, 0.1) is 6.61 Å². The van der Waals surface area contributed by atoms with Crippen LogP contribution in [0.4, 0.5) is 11.6 Å². The molecule has 0 fully saturated rings. The summed E-state index contributed by atoms with van der Waals surface area (Å²) in [5, 5.41) is 17.1. The third-order valence-electron chi connectivity index (χ3n) is 4.04. The number of aliphatic hydroxyl groups is 1. The molecular weight excluding hydrogens is 304 g/mol. The number of aliphatic hydroxyl groups excluding tert-OH is 1. The number of hydrogen-bond acceptors (Lipinski definition) is 6. The summed E-state index contributed by atoms with van der Waals surface area (Å²) >= 11 is 0. The van der Waals surface area contributed by atoms with Crippen molar-refractivity contribution in [3.05, 3.63) is 12.4 Å². The Kier molecular flexibility index (Phi) is 7.74. The topological polar surface area (TPSA) is 78.6 Å². The van der Waals surface area contributed by atoms with Gasteiger partial charge in [-0.05, 0) is 12.8 Å². The molecule has 0 aliphatic carbocycles. The van der Waals surface area contributed by atoms with Gasteiger partial charge in [0, 0.05) is 25.7 Å². The average molecular weight is 334 g/mol. The standard InChI is InChI=1S/C17H30N6O/c1-3-5-7-8-10-22(11-12-24)16-13-15(18-9-6-4-2)21-17-19-14-20-23(16)17/h13-14,24H,3-12H2,1-2H3,(H,18,19,20,21). The Morgan fingerprint density at radius 1 is 1.12 bits per heavy atom. The number of nitrogens with one attached hydrogen (secondary N) is 1. The zero-order valence-corrected chi connectivity index (χ0v) is 14.9. The van der Waals surface area contributed by atoms with E-state index >= 15 is 0 Å². The SMILES string of the molecule is CCCCCCN(CCO)c1cc(NCCCC)nc2ncnn12. The maximum Gasteiger partial charge on any atom is 0.256 e. The van der Waals surface area contributed by atoms with Gasteiger partial charge < -0.3 is 15.3 Å². The number of hydrogen-bond donors (Lipinski definition) is 2. The Morgan fingerprint density at radius 2 is 1.96 bits per heavy atom. The second kappa shape index (κ2) is 10.1. The van der Waals surface area contributed by atoms with Crippen LogP contribution in [-0.2, 0) is 0 Å². The lowest BCUT2D eigenvalue weighted by molar-refractivity contribution is 0.301. The number of anilines is 2. The van der Waals surface area contributed by atoms with Crippen molar-refractivity contribution in [1.29, 1.82) is 0 Å². The number of nitrogens with zero attached hydrogens (tertiary/aromatic N) is 5. The molecule has 0 aromatic carbocycles. The van der Waals surface area contributed by atoms with E-state index in [0.29, 0.717) is 12.3 Å². The van der Waals surface area contributed by atoms with E-state index in [2.05, 4.69) is 39.1 Å². The minimum atomic E-state index is 0.116. The molecule has 0 radical (unpaired) electrons. The molecule has 2 aromatic heterocycles. The van der Waals surface area contributed by atoms with Crippen LogP contribution in [0.2, 0.25) is 0 Å². The van der Waals surface area contributed by atoms with Gasteiger partial charge in [-0.3, -0.25) is 0 Å². The van der Waals surface area contributed by atoms with E-state index < -0.39 is 0 Å². The average Bonchev–Trinajstić information content (AvgIpc) is 3.06. The Labute approximate surface area is 144 Å². The summed E-state index contributed by atoms with van der Waals surface area (Å²) in [5.41, 5.74) is 0. The van der Waals surface area contributed by atoms with Crippen LogP contribution in [0.5, 0.6) is 0 Å². The predicted molar refractivity (Wildman–Crippen MR) is 97.6 cm³/mol. The molecule has 0 spiro atoms. The summed E-state index contributed by atoms with van der Waals surface area (Å²) in [4.78, 5) is 10.9. The van der Waals surface area contributed by atoms with E-state index in [1.165, 1.54) is 25.6 Å². The molecule has 0 aliphatic heterocycles. The van der Waals surface area contributed by atoms with Crippen LogP contribution in [-0.4, -0.2) is 50.9 Å². The molecule has 24 heavy (non-hydrogen) atoms. The molecule has 0 amide bonds. The maximum atomic E-state index is 9.45. The van der Waals surface area contributed by atoms with E-state index in [0.717, 1.165) is 44.0 Å². The van der Waals surface area contributed by atoms with Crippen LogP contribution in [0, 0.1) is 0 Å². The predicted octanol–water partition coefficient (Wildman–Crippen LogP) is 2.72. The second-order valence-corrected chi connectivity index (χ2v) is 6.02. The molecule has 0 saturated carbocycles. The lowest BCUT2D eigenvalue weighted by Gasteiger charge is -2.24. The first-order valence-corrected chi connectivity index (χ1v) is 9.10. The molecule has 7 nitrogen and oxygen atoms in total. The summed E-state index contributed by atoms with van der Waals surface area (Å²) in [6, 6.07) is 2.01. The number of rotatable bonds is 12. The van der Waals surface area contributed by atoms with Gasteiger partial charge in [0.2, 0.25) is 0 Å². The first kappa shape index (κ1) is 18.4. The first-order valence-electron chi connectivity index (χ1n) is 9.10. The largest absolute Gasteiger partial charge is 0.395 e. The highest BCUT2D eigenvalue weighted by Crippen LogP contribution is 2.20. The second-order valence-electron chi connectivity index (χ2n) is 6.02. The normalized spacial score (nSPS) is 11.1. The molecule has 2 aromatic rings. The Balaban J connectivity index is 2.19. The van der Waals surface area contributed by atoms with Gasteiger partial charge in [0.1, 0.15) is 18.0 Å². The lowest BCUT2D eigenvalue weighted by atomic mass is 10.2. The van der Waals surface area contributed by atoms with Crippen molar-refractivity contribution in [2.24, 2.45) is 0 Å². The van der Waals surface area contributed by atoms with Gasteiger partial charge in [-0.15, -0.1) is 0 Å². The first-order chi connectivity index (χ1) is 11.8. The minimum Gasteiger partial charge on any atom is -0.395 e. The van der Waals surface area contributed by atoms with Gasteiger partial charge in [-0.2, -0.15) is 19.6 Å². The van der Waals surface area contributed by atoms with E-state index in [1.807, 2.05) is 6.07 Å². The Morgan fingerprint density at radius 3 is 2.71 bits per heavy atom. The molecule has 2 N–H and O–H groups in total. The molecule has 0 aliphatic rings. The minimum absolute atomic E-state index is 0.116. The van der Waals surface area contributed by atoms with E-state index in [4.69, 9.17) is 0 Å². The molecule has 0 saturated heterocycles. The zero-order valence-electron chi connectivity index (χ0n) is 14.9. The van der Waals surface area contributed by atoms with Crippen molar-refractivity contribution in [1.82, 2.24) is 19.6 Å². The zero-order chi connectivity index (χ0) is 17.2. The number of aromatic nitrogens is 4. The third kappa shape index (κ3) is 5.06. The fourth-order valence-electron chi connectivity index (χ4n) is 2.70. The fourth-order valence-corrected chi connectivity index (χ4v) is 2.70. The summed E-state index contributed by atoms with van der Waals surface area (Å²) in [7, 11) is 0. The highest BCUT2D eigenvalue weighted by atomic mass is 16.3. The summed E-state index contributed by atoms with van der Waals surface area (Å²) < 4.78 is 1.75. The summed E-state index contributed by atoms with van der Waals surface area (Å²) in [6.07, 6.45) is 8.53. The van der Waals surface area contributed by atoms with Gasteiger partial charge >= 0.3 is 0 Å². The Hall–Kier alpha value is -1.89. The highest BCUT2D eigenvalue weighted by Gasteiger charge is 2.14. The molecule has 2 heterocycles. The van der Waals surface area contributed by atoms with Crippen molar-refractivity contribution >= 4 is 17.4 Å². The van der Waals surface area contributed by atoms with Crippen LogP contribution in [0.1, 0.15) is 52.4 Å². The molecule has 0 atom stereocenters.